The van der Waals surface area contributed by atoms with Crippen LogP contribution in [0, 0.1) is 0 Å². The molecule has 5 rings (SSSR count). The van der Waals surface area contributed by atoms with E-state index in [1.165, 1.54) is 17.7 Å². The van der Waals surface area contributed by atoms with Crippen molar-refractivity contribution in [2.45, 2.75) is 64.1 Å². The van der Waals surface area contributed by atoms with E-state index in [1.54, 1.807) is 7.11 Å². The molecule has 1 fully saturated rings. The van der Waals surface area contributed by atoms with Gasteiger partial charge in [-0.3, -0.25) is 4.90 Å². The Bertz CT molecular complexity index is 1080. The minimum atomic E-state index is 0.0106. The Morgan fingerprint density at radius 3 is 2.76 bits per heavy atom. The fourth-order valence-electron chi connectivity index (χ4n) is 4.84. The van der Waals surface area contributed by atoms with Crippen LogP contribution in [-0.4, -0.2) is 37.8 Å². The van der Waals surface area contributed by atoms with Crippen LogP contribution in [0.3, 0.4) is 0 Å². The summed E-state index contributed by atoms with van der Waals surface area (Å²) in [6, 6.07) is 8.66. The average Bonchev–Trinajstić information content (AvgIpc) is 3.22. The van der Waals surface area contributed by atoms with Crippen molar-refractivity contribution in [1.29, 1.82) is 0 Å². The summed E-state index contributed by atoms with van der Waals surface area (Å²) in [5.41, 5.74) is 5.76. The SMILES string of the molecule is COc1ccc(CN2[C@H]3CC[C@@H]2c2cnc4cc(C(C)(C)C)nn4c2C3)cc1O. The number of fused-ring (bicyclic) bond motifs is 6. The number of benzene rings is 1. The average molecular weight is 393 g/mol. The molecule has 1 N–H and O–H groups in total. The third-order valence-corrected chi connectivity index (χ3v) is 6.42. The molecule has 3 aromatic rings. The molecule has 0 radical (unpaired) electrons. The summed E-state index contributed by atoms with van der Waals surface area (Å²) in [7, 11) is 1.57. The summed E-state index contributed by atoms with van der Waals surface area (Å²) < 4.78 is 7.26. The Morgan fingerprint density at radius 2 is 2.03 bits per heavy atom. The number of ether oxygens (including phenoxy) is 1. The van der Waals surface area contributed by atoms with Gasteiger partial charge in [0.2, 0.25) is 0 Å². The van der Waals surface area contributed by atoms with Gasteiger partial charge in [0.05, 0.1) is 18.5 Å². The van der Waals surface area contributed by atoms with E-state index in [4.69, 9.17) is 14.8 Å². The number of aromatic nitrogens is 3. The minimum Gasteiger partial charge on any atom is -0.504 e. The molecule has 0 spiro atoms. The first-order chi connectivity index (χ1) is 13.8. The number of methoxy groups -OCH3 is 1. The molecule has 2 aliphatic rings. The molecule has 2 atom stereocenters. The van der Waals surface area contributed by atoms with Crippen molar-refractivity contribution in [3.63, 3.8) is 0 Å². The molecule has 2 aromatic heterocycles. The van der Waals surface area contributed by atoms with Crippen molar-refractivity contribution in [1.82, 2.24) is 19.5 Å². The lowest BCUT2D eigenvalue weighted by Gasteiger charge is -2.36. The largest absolute Gasteiger partial charge is 0.504 e. The molecular formula is C23H28N4O2. The molecule has 29 heavy (non-hydrogen) atoms. The molecular weight excluding hydrogens is 364 g/mol. The van der Waals surface area contributed by atoms with Crippen LogP contribution in [0.2, 0.25) is 0 Å². The van der Waals surface area contributed by atoms with Crippen molar-refractivity contribution in [2.75, 3.05) is 7.11 Å². The van der Waals surface area contributed by atoms with Crippen LogP contribution in [0.5, 0.6) is 11.5 Å². The summed E-state index contributed by atoms with van der Waals surface area (Å²) in [6.45, 7) is 7.39. The summed E-state index contributed by atoms with van der Waals surface area (Å²) in [5.74, 6) is 0.713. The first kappa shape index (κ1) is 18.4. The standard InChI is InChI=1S/C23H28N4O2/c1-23(2,3)21-11-22-24-12-16-17-7-6-15(10-18(16)27(22)25-21)26(17)13-14-5-8-20(29-4)19(28)9-14/h5,8-9,11-12,15,17,28H,6-7,10,13H2,1-4H3/t15-,17+/m0/s1. The Balaban J connectivity index is 1.49. The van der Waals surface area contributed by atoms with Crippen molar-refractivity contribution >= 4 is 5.65 Å². The first-order valence-corrected chi connectivity index (χ1v) is 10.3. The maximum Gasteiger partial charge on any atom is 0.160 e. The highest BCUT2D eigenvalue weighted by atomic mass is 16.5. The van der Waals surface area contributed by atoms with Crippen molar-refractivity contribution in [2.24, 2.45) is 0 Å². The van der Waals surface area contributed by atoms with Gasteiger partial charge in [-0.25, -0.2) is 9.50 Å². The molecule has 1 saturated heterocycles. The highest BCUT2D eigenvalue weighted by molar-refractivity contribution is 5.46. The van der Waals surface area contributed by atoms with E-state index in [0.29, 0.717) is 17.8 Å². The minimum absolute atomic E-state index is 0.0106. The van der Waals surface area contributed by atoms with Crippen molar-refractivity contribution < 1.29 is 9.84 Å². The quantitative estimate of drug-likeness (QED) is 0.730. The molecule has 0 aliphatic carbocycles. The van der Waals surface area contributed by atoms with E-state index in [9.17, 15) is 5.11 Å². The van der Waals surface area contributed by atoms with Crippen LogP contribution in [0.1, 0.15) is 62.2 Å². The lowest BCUT2D eigenvalue weighted by Crippen LogP contribution is -2.38. The maximum absolute atomic E-state index is 10.1. The second kappa shape index (κ2) is 6.46. The van der Waals surface area contributed by atoms with Gasteiger partial charge in [-0.05, 0) is 30.5 Å². The van der Waals surface area contributed by atoms with Gasteiger partial charge in [-0.1, -0.05) is 26.8 Å². The smallest absolute Gasteiger partial charge is 0.160 e. The van der Waals surface area contributed by atoms with Gasteiger partial charge in [0, 0.05) is 48.3 Å². The predicted molar refractivity (Wildman–Crippen MR) is 111 cm³/mol. The van der Waals surface area contributed by atoms with Gasteiger partial charge < -0.3 is 9.84 Å². The molecule has 0 unspecified atom stereocenters. The number of hydrogen-bond donors (Lipinski definition) is 1. The molecule has 152 valence electrons. The van der Waals surface area contributed by atoms with E-state index >= 15 is 0 Å². The highest BCUT2D eigenvalue weighted by Gasteiger charge is 2.41. The van der Waals surface area contributed by atoms with Gasteiger partial charge in [0.25, 0.3) is 0 Å². The Labute approximate surface area is 171 Å². The zero-order valence-electron chi connectivity index (χ0n) is 17.5. The Morgan fingerprint density at radius 1 is 1.21 bits per heavy atom. The summed E-state index contributed by atoms with van der Waals surface area (Å²) in [4.78, 5) is 7.30. The number of aromatic hydroxyl groups is 1. The molecule has 4 heterocycles. The van der Waals surface area contributed by atoms with Crippen LogP contribution < -0.4 is 4.74 Å². The normalized spacial score (nSPS) is 21.5. The fourth-order valence-corrected chi connectivity index (χ4v) is 4.84. The van der Waals surface area contributed by atoms with Crippen molar-refractivity contribution in [3.05, 3.63) is 53.0 Å². The molecule has 2 aliphatic heterocycles. The van der Waals surface area contributed by atoms with Gasteiger partial charge in [-0.15, -0.1) is 0 Å². The second-order valence-electron chi connectivity index (χ2n) is 9.34. The zero-order chi connectivity index (χ0) is 20.3. The van der Waals surface area contributed by atoms with E-state index in [2.05, 4.69) is 42.4 Å². The van der Waals surface area contributed by atoms with Gasteiger partial charge in [0.15, 0.2) is 17.1 Å². The van der Waals surface area contributed by atoms with Crippen LogP contribution >= 0.6 is 0 Å². The van der Waals surface area contributed by atoms with E-state index < -0.39 is 0 Å². The fraction of sp³-hybridized carbons (Fsp3) is 0.478. The van der Waals surface area contributed by atoms with E-state index in [-0.39, 0.29) is 11.2 Å². The van der Waals surface area contributed by atoms with Gasteiger partial charge >= 0.3 is 0 Å². The molecule has 2 bridgehead atoms. The summed E-state index contributed by atoms with van der Waals surface area (Å²) >= 11 is 0. The second-order valence-corrected chi connectivity index (χ2v) is 9.34. The van der Waals surface area contributed by atoms with Crippen LogP contribution in [0.4, 0.5) is 0 Å². The predicted octanol–water partition coefficient (Wildman–Crippen LogP) is 4.00. The van der Waals surface area contributed by atoms with Gasteiger partial charge in [-0.2, -0.15) is 5.10 Å². The summed E-state index contributed by atoms with van der Waals surface area (Å²) in [6.07, 6.45) is 5.36. The molecule has 0 saturated carbocycles. The third-order valence-electron chi connectivity index (χ3n) is 6.42. The maximum atomic E-state index is 10.1. The molecule has 6 heteroatoms. The Hall–Kier alpha value is -2.60. The highest BCUT2D eigenvalue weighted by Crippen LogP contribution is 2.44. The monoisotopic (exact) mass is 392 g/mol. The van der Waals surface area contributed by atoms with Gasteiger partial charge in [0.1, 0.15) is 0 Å². The number of rotatable bonds is 3. The topological polar surface area (TPSA) is 62.9 Å². The number of phenols is 1. The molecule has 0 amide bonds. The third kappa shape index (κ3) is 2.97. The van der Waals surface area contributed by atoms with Crippen LogP contribution in [0.25, 0.3) is 5.65 Å². The number of hydrogen-bond acceptors (Lipinski definition) is 5. The van der Waals surface area contributed by atoms with Crippen LogP contribution in [0.15, 0.2) is 30.5 Å². The lowest BCUT2D eigenvalue weighted by atomic mass is 9.93. The number of phenolic OH excluding ortho intramolecular Hbond substituents is 1. The lowest BCUT2D eigenvalue weighted by molar-refractivity contribution is 0.165. The van der Waals surface area contributed by atoms with Crippen LogP contribution in [-0.2, 0) is 18.4 Å². The Kier molecular flexibility index (Phi) is 4.10. The zero-order valence-corrected chi connectivity index (χ0v) is 17.5. The van der Waals surface area contributed by atoms with Crippen molar-refractivity contribution in [3.8, 4) is 11.5 Å². The first-order valence-electron chi connectivity index (χ1n) is 10.3. The molecule has 1 aromatic carbocycles. The van der Waals surface area contributed by atoms with E-state index in [1.807, 2.05) is 18.2 Å². The number of nitrogens with zero attached hydrogens (tertiary/aromatic N) is 4. The molecule has 6 nitrogen and oxygen atoms in total. The summed E-state index contributed by atoms with van der Waals surface area (Å²) in [5, 5.41) is 15.1. The van der Waals surface area contributed by atoms with E-state index in [0.717, 1.165) is 36.3 Å².